The summed E-state index contributed by atoms with van der Waals surface area (Å²) < 4.78 is 27.8. The number of sulfonamides is 1. The third-order valence-corrected chi connectivity index (χ3v) is 5.08. The van der Waals surface area contributed by atoms with E-state index in [-0.39, 0.29) is 0 Å². The molecule has 1 N–H and O–H groups in total. The molecule has 0 bridgehead atoms. The van der Waals surface area contributed by atoms with Gasteiger partial charge in [0, 0.05) is 0 Å². The fourth-order valence-electron chi connectivity index (χ4n) is 2.31. The molecule has 118 valence electrons. The highest BCUT2D eigenvalue weighted by Gasteiger charge is 2.15. The van der Waals surface area contributed by atoms with Gasteiger partial charge in [-0.3, -0.25) is 4.72 Å². The minimum Gasteiger partial charge on any atom is -0.279 e. The summed E-state index contributed by atoms with van der Waals surface area (Å²) in [6.07, 6.45) is 3.90. The molecule has 2 aromatic carbocycles. The summed E-state index contributed by atoms with van der Waals surface area (Å²) in [6.45, 7) is 4.17. The molecular formula is C18H23NO2S. The minimum absolute atomic E-state index is 0.301. The maximum absolute atomic E-state index is 12.5. The molecule has 0 saturated carbocycles. The molecule has 0 heterocycles. The van der Waals surface area contributed by atoms with Crippen LogP contribution in [0, 0.1) is 0 Å². The molecule has 0 atom stereocenters. The lowest BCUT2D eigenvalue weighted by Crippen LogP contribution is -2.14. The number of nitrogens with one attached hydrogen (secondary N) is 1. The number of aryl methyl sites for hydroxylation is 2. The molecule has 0 unspecified atom stereocenters. The van der Waals surface area contributed by atoms with Gasteiger partial charge in [0.2, 0.25) is 0 Å². The highest BCUT2D eigenvalue weighted by atomic mass is 32.2. The van der Waals surface area contributed by atoms with Crippen LogP contribution in [0.1, 0.15) is 37.8 Å². The van der Waals surface area contributed by atoms with E-state index >= 15 is 0 Å². The zero-order chi connectivity index (χ0) is 16.0. The van der Waals surface area contributed by atoms with Crippen molar-refractivity contribution in [3.63, 3.8) is 0 Å². The number of unbranched alkanes of at least 4 members (excludes halogenated alkanes) is 1. The van der Waals surface area contributed by atoms with Crippen LogP contribution in [0.4, 0.5) is 5.69 Å². The molecule has 0 aliphatic rings. The Morgan fingerprint density at radius 3 is 2.27 bits per heavy atom. The number of hydrogen-bond acceptors (Lipinski definition) is 2. The molecule has 0 aliphatic heterocycles. The fourth-order valence-corrected chi connectivity index (χ4v) is 3.41. The third-order valence-electron chi connectivity index (χ3n) is 3.70. The van der Waals surface area contributed by atoms with Gasteiger partial charge in [-0.1, -0.05) is 50.6 Å². The molecule has 0 aromatic heterocycles. The quantitative estimate of drug-likeness (QED) is 0.823. The van der Waals surface area contributed by atoms with Gasteiger partial charge in [-0.2, -0.15) is 0 Å². The van der Waals surface area contributed by atoms with Crippen molar-refractivity contribution >= 4 is 15.7 Å². The summed E-state index contributed by atoms with van der Waals surface area (Å²) in [7, 11) is -3.54. The smallest absolute Gasteiger partial charge is 0.261 e. The maximum Gasteiger partial charge on any atom is 0.261 e. The molecule has 0 saturated heterocycles. The van der Waals surface area contributed by atoms with Gasteiger partial charge in [-0.05, 0) is 48.6 Å². The van der Waals surface area contributed by atoms with Crippen LogP contribution in [0.25, 0.3) is 0 Å². The monoisotopic (exact) mass is 317 g/mol. The largest absolute Gasteiger partial charge is 0.279 e. The van der Waals surface area contributed by atoms with E-state index in [9.17, 15) is 8.42 Å². The molecule has 0 aliphatic carbocycles. The molecule has 0 fully saturated rings. The van der Waals surface area contributed by atoms with Crippen LogP contribution in [-0.2, 0) is 22.9 Å². The SMILES string of the molecule is CCCCc1ccccc1NS(=O)(=O)c1ccc(CC)cc1. The van der Waals surface area contributed by atoms with E-state index in [1.165, 1.54) is 0 Å². The Labute approximate surface area is 133 Å². The second kappa shape index (κ2) is 7.45. The van der Waals surface area contributed by atoms with E-state index in [1.54, 1.807) is 12.1 Å². The first-order valence-corrected chi connectivity index (χ1v) is 9.24. The Morgan fingerprint density at radius 1 is 0.955 bits per heavy atom. The zero-order valence-electron chi connectivity index (χ0n) is 13.2. The van der Waals surface area contributed by atoms with Crippen LogP contribution in [0.3, 0.4) is 0 Å². The molecular weight excluding hydrogens is 294 g/mol. The Bertz CT molecular complexity index is 706. The third kappa shape index (κ3) is 4.10. The molecule has 0 spiro atoms. The first-order chi connectivity index (χ1) is 10.6. The lowest BCUT2D eigenvalue weighted by molar-refractivity contribution is 0.601. The average molecular weight is 317 g/mol. The van der Waals surface area contributed by atoms with Crippen LogP contribution in [0.2, 0.25) is 0 Å². The standard InChI is InChI=1S/C18H23NO2S/c1-3-5-8-16-9-6-7-10-18(16)19-22(20,21)17-13-11-15(4-2)12-14-17/h6-7,9-14,19H,3-5,8H2,1-2H3. The van der Waals surface area contributed by atoms with Crippen LogP contribution < -0.4 is 4.72 Å². The number of anilines is 1. The maximum atomic E-state index is 12.5. The van der Waals surface area contributed by atoms with E-state index in [0.29, 0.717) is 10.6 Å². The highest BCUT2D eigenvalue weighted by molar-refractivity contribution is 7.92. The van der Waals surface area contributed by atoms with Gasteiger partial charge in [0.05, 0.1) is 10.6 Å². The molecule has 0 amide bonds. The molecule has 22 heavy (non-hydrogen) atoms. The van der Waals surface area contributed by atoms with Gasteiger partial charge in [0.15, 0.2) is 0 Å². The van der Waals surface area contributed by atoms with Crippen molar-refractivity contribution in [1.29, 1.82) is 0 Å². The summed E-state index contributed by atoms with van der Waals surface area (Å²) in [4.78, 5) is 0.301. The number of benzene rings is 2. The summed E-state index contributed by atoms with van der Waals surface area (Å²) in [5, 5.41) is 0. The molecule has 0 radical (unpaired) electrons. The Balaban J connectivity index is 2.24. The zero-order valence-corrected chi connectivity index (χ0v) is 14.0. The lowest BCUT2D eigenvalue weighted by Gasteiger charge is -2.12. The Kier molecular flexibility index (Phi) is 5.61. The van der Waals surface area contributed by atoms with E-state index < -0.39 is 10.0 Å². The molecule has 3 nitrogen and oxygen atoms in total. The fraction of sp³-hybridized carbons (Fsp3) is 0.333. The molecule has 2 aromatic rings. The van der Waals surface area contributed by atoms with E-state index in [1.807, 2.05) is 43.3 Å². The van der Waals surface area contributed by atoms with Crippen molar-refractivity contribution in [1.82, 2.24) is 0 Å². The normalized spacial score (nSPS) is 11.4. The lowest BCUT2D eigenvalue weighted by atomic mass is 10.1. The number of rotatable bonds is 7. The van der Waals surface area contributed by atoms with Gasteiger partial charge < -0.3 is 0 Å². The number of hydrogen-bond donors (Lipinski definition) is 1. The predicted molar refractivity (Wildman–Crippen MR) is 91.7 cm³/mol. The van der Waals surface area contributed by atoms with Crippen molar-refractivity contribution < 1.29 is 8.42 Å². The average Bonchev–Trinajstić information content (AvgIpc) is 2.54. The van der Waals surface area contributed by atoms with Crippen molar-refractivity contribution in [3.8, 4) is 0 Å². The molecule has 4 heteroatoms. The summed E-state index contributed by atoms with van der Waals surface area (Å²) in [5.74, 6) is 0. The van der Waals surface area contributed by atoms with Gasteiger partial charge in [0.25, 0.3) is 10.0 Å². The summed E-state index contributed by atoms with van der Waals surface area (Å²) in [5.41, 5.74) is 2.84. The minimum atomic E-state index is -3.54. The Hall–Kier alpha value is -1.81. The van der Waals surface area contributed by atoms with Crippen LogP contribution in [0.5, 0.6) is 0 Å². The summed E-state index contributed by atoms with van der Waals surface area (Å²) in [6, 6.07) is 14.6. The second-order valence-electron chi connectivity index (χ2n) is 5.36. The van der Waals surface area contributed by atoms with Gasteiger partial charge in [0.1, 0.15) is 0 Å². The predicted octanol–water partition coefficient (Wildman–Crippen LogP) is 4.39. The van der Waals surface area contributed by atoms with Crippen molar-refractivity contribution in [2.45, 2.75) is 44.4 Å². The van der Waals surface area contributed by atoms with Crippen LogP contribution >= 0.6 is 0 Å². The second-order valence-corrected chi connectivity index (χ2v) is 7.05. The van der Waals surface area contributed by atoms with Gasteiger partial charge in [-0.15, -0.1) is 0 Å². The Morgan fingerprint density at radius 2 is 1.64 bits per heavy atom. The van der Waals surface area contributed by atoms with Crippen LogP contribution in [0.15, 0.2) is 53.4 Å². The topological polar surface area (TPSA) is 46.2 Å². The highest BCUT2D eigenvalue weighted by Crippen LogP contribution is 2.22. The van der Waals surface area contributed by atoms with E-state index in [2.05, 4.69) is 11.6 Å². The van der Waals surface area contributed by atoms with E-state index in [4.69, 9.17) is 0 Å². The molecule has 2 rings (SSSR count). The van der Waals surface area contributed by atoms with Crippen LogP contribution in [-0.4, -0.2) is 8.42 Å². The van der Waals surface area contributed by atoms with Gasteiger partial charge in [-0.25, -0.2) is 8.42 Å². The first kappa shape index (κ1) is 16.6. The van der Waals surface area contributed by atoms with Gasteiger partial charge >= 0.3 is 0 Å². The van der Waals surface area contributed by atoms with Crippen molar-refractivity contribution in [3.05, 3.63) is 59.7 Å². The number of para-hydroxylation sites is 1. The van der Waals surface area contributed by atoms with Crippen molar-refractivity contribution in [2.75, 3.05) is 4.72 Å². The first-order valence-electron chi connectivity index (χ1n) is 7.76. The van der Waals surface area contributed by atoms with Crippen molar-refractivity contribution in [2.24, 2.45) is 0 Å². The summed E-state index contributed by atoms with van der Waals surface area (Å²) >= 11 is 0. The van der Waals surface area contributed by atoms with E-state index in [0.717, 1.165) is 36.8 Å².